The highest BCUT2D eigenvalue weighted by atomic mass is 32.1. The molecule has 1 aromatic heterocycles. The van der Waals surface area contributed by atoms with Crippen LogP contribution in [0.5, 0.6) is 0 Å². The Hall–Kier alpha value is -1.74. The topological polar surface area (TPSA) is 34.1 Å². The van der Waals surface area contributed by atoms with Crippen LogP contribution in [0.15, 0.2) is 47.8 Å². The van der Waals surface area contributed by atoms with Gasteiger partial charge in [-0.2, -0.15) is 0 Å². The molecule has 0 saturated heterocycles. The average molecular weight is 276 g/mol. The van der Waals surface area contributed by atoms with Crippen molar-refractivity contribution in [3.8, 4) is 0 Å². The lowest BCUT2D eigenvalue weighted by Gasteiger charge is -1.89. The summed E-state index contributed by atoms with van der Waals surface area (Å²) in [5.74, 6) is 0.274. The number of benzene rings is 1. The van der Waals surface area contributed by atoms with Crippen LogP contribution in [0.4, 0.5) is 0 Å². The maximum Gasteiger partial charge on any atom is 0.169 e. The van der Waals surface area contributed by atoms with Crippen LogP contribution >= 0.6 is 11.3 Å². The largest absolute Gasteiger partial charge is 0.295 e. The first-order valence-corrected chi connectivity index (χ1v) is 7.09. The van der Waals surface area contributed by atoms with Crippen LogP contribution in [0.1, 0.15) is 47.7 Å². The molecule has 0 saturated carbocycles. The number of carbonyl (C=O) groups is 2. The Morgan fingerprint density at radius 2 is 1.42 bits per heavy atom. The van der Waals surface area contributed by atoms with E-state index < -0.39 is 0 Å². The Kier molecular flexibility index (Phi) is 9.27. The third-order valence-corrected chi connectivity index (χ3v) is 3.02. The number of thiophene rings is 1. The zero-order chi connectivity index (χ0) is 14.7. The molecule has 0 aliphatic rings. The molecule has 2 rings (SSSR count). The van der Waals surface area contributed by atoms with Gasteiger partial charge in [0.15, 0.2) is 11.6 Å². The normalized spacial score (nSPS) is 8.42. The molecule has 3 heteroatoms. The summed E-state index contributed by atoms with van der Waals surface area (Å²) in [6, 6.07) is 12.9. The van der Waals surface area contributed by atoms with Gasteiger partial charge in [0, 0.05) is 5.56 Å². The first-order chi connectivity index (χ1) is 9.11. The number of hydrogen-bond donors (Lipinski definition) is 0. The Morgan fingerprint density at radius 3 is 1.68 bits per heavy atom. The minimum atomic E-state index is 0.121. The van der Waals surface area contributed by atoms with E-state index in [-0.39, 0.29) is 11.6 Å². The van der Waals surface area contributed by atoms with Gasteiger partial charge < -0.3 is 0 Å². The summed E-state index contributed by atoms with van der Waals surface area (Å²) in [6.07, 6.45) is 0. The van der Waals surface area contributed by atoms with Crippen molar-refractivity contribution in [2.45, 2.75) is 27.7 Å². The minimum absolute atomic E-state index is 0.121. The van der Waals surface area contributed by atoms with Gasteiger partial charge in [-0.25, -0.2) is 0 Å². The average Bonchev–Trinajstić information content (AvgIpc) is 2.97. The first kappa shape index (κ1) is 17.3. The van der Waals surface area contributed by atoms with E-state index in [1.54, 1.807) is 13.8 Å². The lowest BCUT2D eigenvalue weighted by Crippen LogP contribution is -1.88. The van der Waals surface area contributed by atoms with Gasteiger partial charge in [0.05, 0.1) is 4.88 Å². The molecule has 0 aliphatic carbocycles. The molecule has 0 bridgehead atoms. The fraction of sp³-hybridized carbons (Fsp3) is 0.250. The fourth-order valence-corrected chi connectivity index (χ4v) is 1.78. The molecule has 0 fully saturated rings. The molecule has 0 unspecified atom stereocenters. The van der Waals surface area contributed by atoms with Gasteiger partial charge in [-0.15, -0.1) is 11.3 Å². The smallest absolute Gasteiger partial charge is 0.169 e. The van der Waals surface area contributed by atoms with Gasteiger partial charge >= 0.3 is 0 Å². The molecule has 19 heavy (non-hydrogen) atoms. The van der Waals surface area contributed by atoms with Crippen molar-refractivity contribution in [3.05, 3.63) is 58.3 Å². The predicted octanol–water partition coefficient (Wildman–Crippen LogP) is 4.87. The van der Waals surface area contributed by atoms with Gasteiger partial charge in [-0.05, 0) is 25.3 Å². The summed E-state index contributed by atoms with van der Waals surface area (Å²) in [5, 5.41) is 1.90. The second-order valence-electron chi connectivity index (χ2n) is 3.46. The Bertz CT molecular complexity index is 473. The molecule has 0 N–H and O–H groups in total. The molecule has 2 nitrogen and oxygen atoms in total. The van der Waals surface area contributed by atoms with Gasteiger partial charge in [0.1, 0.15) is 0 Å². The molecule has 0 amide bonds. The molecule has 0 atom stereocenters. The first-order valence-electron chi connectivity index (χ1n) is 6.21. The van der Waals surface area contributed by atoms with Crippen molar-refractivity contribution >= 4 is 22.9 Å². The number of hydrogen-bond acceptors (Lipinski definition) is 3. The van der Waals surface area contributed by atoms with Crippen LogP contribution in [0, 0.1) is 0 Å². The maximum absolute atomic E-state index is 10.6. The number of rotatable bonds is 2. The standard InChI is InChI=1S/C8H8O.C6H6OS.C2H6/c1-7(9)8-5-3-2-4-6-8;1-5(7)6-3-2-4-8-6;1-2/h2-6H,1H3;2-4H,1H3;1-2H3. The molecule has 1 aromatic carbocycles. The number of ketones is 2. The summed E-state index contributed by atoms with van der Waals surface area (Å²) < 4.78 is 0. The van der Waals surface area contributed by atoms with Crippen LogP contribution in [0.3, 0.4) is 0 Å². The second-order valence-corrected chi connectivity index (χ2v) is 4.40. The maximum atomic E-state index is 10.6. The van der Waals surface area contributed by atoms with E-state index in [1.165, 1.54) is 11.3 Å². The molecule has 2 aromatic rings. The molecule has 0 aliphatic heterocycles. The van der Waals surface area contributed by atoms with Crippen LogP contribution in [0.2, 0.25) is 0 Å². The van der Waals surface area contributed by atoms with Gasteiger partial charge in [-0.1, -0.05) is 50.2 Å². The van der Waals surface area contributed by atoms with E-state index in [4.69, 9.17) is 0 Å². The summed E-state index contributed by atoms with van der Waals surface area (Å²) in [5.41, 5.74) is 0.775. The Morgan fingerprint density at radius 1 is 0.842 bits per heavy atom. The van der Waals surface area contributed by atoms with Crippen molar-refractivity contribution < 1.29 is 9.59 Å². The van der Waals surface area contributed by atoms with Crippen molar-refractivity contribution in [3.63, 3.8) is 0 Å². The lowest BCUT2D eigenvalue weighted by atomic mass is 10.2. The van der Waals surface area contributed by atoms with Crippen molar-refractivity contribution in [2.24, 2.45) is 0 Å². The second kappa shape index (κ2) is 10.2. The lowest BCUT2D eigenvalue weighted by molar-refractivity contribution is 0.101. The zero-order valence-corrected chi connectivity index (χ0v) is 12.7. The van der Waals surface area contributed by atoms with E-state index >= 15 is 0 Å². The van der Waals surface area contributed by atoms with Crippen molar-refractivity contribution in [2.75, 3.05) is 0 Å². The summed E-state index contributed by atoms with van der Waals surface area (Å²) >= 11 is 1.48. The van der Waals surface area contributed by atoms with E-state index in [0.29, 0.717) is 0 Å². The highest BCUT2D eigenvalue weighted by molar-refractivity contribution is 7.12. The third kappa shape index (κ3) is 7.32. The highest BCUT2D eigenvalue weighted by Crippen LogP contribution is 2.07. The molecule has 0 spiro atoms. The number of carbonyl (C=O) groups excluding carboxylic acids is 2. The Labute approximate surface area is 119 Å². The van der Waals surface area contributed by atoms with Crippen molar-refractivity contribution in [1.29, 1.82) is 0 Å². The quantitative estimate of drug-likeness (QED) is 0.734. The SMILES string of the molecule is CC.CC(=O)c1ccccc1.CC(=O)c1cccs1. The predicted molar refractivity (Wildman–Crippen MR) is 82.1 cm³/mol. The van der Waals surface area contributed by atoms with Crippen LogP contribution in [0.25, 0.3) is 0 Å². The Balaban J connectivity index is 0.000000303. The summed E-state index contributed by atoms with van der Waals surface area (Å²) in [4.78, 5) is 22.0. The molecular formula is C16H20O2S. The molecule has 0 radical (unpaired) electrons. The molecular weight excluding hydrogens is 256 g/mol. The van der Waals surface area contributed by atoms with E-state index in [2.05, 4.69) is 0 Å². The summed E-state index contributed by atoms with van der Waals surface area (Å²) in [6.45, 7) is 7.14. The van der Waals surface area contributed by atoms with Crippen molar-refractivity contribution in [1.82, 2.24) is 0 Å². The van der Waals surface area contributed by atoms with Crippen LogP contribution in [-0.4, -0.2) is 11.6 Å². The molecule has 102 valence electrons. The summed E-state index contributed by atoms with van der Waals surface area (Å²) in [7, 11) is 0. The minimum Gasteiger partial charge on any atom is -0.295 e. The third-order valence-electron chi connectivity index (χ3n) is 2.05. The number of Topliss-reactive ketones (excluding diaryl/α,β-unsaturated/α-hetero) is 2. The van der Waals surface area contributed by atoms with Gasteiger partial charge in [0.2, 0.25) is 0 Å². The van der Waals surface area contributed by atoms with E-state index in [0.717, 1.165) is 10.4 Å². The molecule has 1 heterocycles. The van der Waals surface area contributed by atoms with Gasteiger partial charge in [0.25, 0.3) is 0 Å². The monoisotopic (exact) mass is 276 g/mol. The zero-order valence-electron chi connectivity index (χ0n) is 11.8. The fourth-order valence-electron chi connectivity index (χ4n) is 1.15. The van der Waals surface area contributed by atoms with E-state index in [9.17, 15) is 9.59 Å². The van der Waals surface area contributed by atoms with Gasteiger partial charge in [-0.3, -0.25) is 9.59 Å². The van der Waals surface area contributed by atoms with E-state index in [1.807, 2.05) is 61.7 Å². The highest BCUT2D eigenvalue weighted by Gasteiger charge is 1.95. The van der Waals surface area contributed by atoms with Crippen LogP contribution < -0.4 is 0 Å². The van der Waals surface area contributed by atoms with Crippen LogP contribution in [-0.2, 0) is 0 Å².